The van der Waals surface area contributed by atoms with Crippen LogP contribution in [0.5, 0.6) is 0 Å². The van der Waals surface area contributed by atoms with Gasteiger partial charge < -0.3 is 9.80 Å². The topological polar surface area (TPSA) is 53.5 Å². The Balaban J connectivity index is 1.57. The zero-order chi connectivity index (χ0) is 20.8. The number of alkyl halides is 1. The number of carbonyl (C=O) groups excluding carboxylic acids is 2. The lowest BCUT2D eigenvalue weighted by atomic mass is 9.92. The molecule has 2 amide bonds. The van der Waals surface area contributed by atoms with Crippen molar-refractivity contribution in [3.63, 3.8) is 0 Å². The molecule has 0 aliphatic carbocycles. The molecule has 7 heteroatoms. The molecule has 4 rings (SSSR count). The highest BCUT2D eigenvalue weighted by Gasteiger charge is 2.48. The minimum atomic E-state index is -1.79. The molecule has 3 atom stereocenters. The van der Waals surface area contributed by atoms with E-state index in [4.69, 9.17) is 0 Å². The van der Waals surface area contributed by atoms with Crippen LogP contribution in [0.15, 0.2) is 42.7 Å². The van der Waals surface area contributed by atoms with E-state index in [1.165, 1.54) is 17.0 Å². The Bertz CT molecular complexity index is 932. The van der Waals surface area contributed by atoms with Crippen molar-refractivity contribution in [1.82, 2.24) is 14.8 Å². The molecule has 2 aliphatic rings. The van der Waals surface area contributed by atoms with Gasteiger partial charge in [0.05, 0.1) is 18.5 Å². The molecule has 2 saturated heterocycles. The van der Waals surface area contributed by atoms with E-state index < -0.39 is 23.4 Å². The highest BCUT2D eigenvalue weighted by atomic mass is 19.1. The van der Waals surface area contributed by atoms with Crippen LogP contribution >= 0.6 is 0 Å². The SMILES string of the molecule is Cc1cc(F)cc(C2(F)CCN(C(=O)[C@H]3CC(=O)N(C)[C@@H]3c3cccnc3)C2)c1. The van der Waals surface area contributed by atoms with Crippen molar-refractivity contribution in [1.29, 1.82) is 0 Å². The van der Waals surface area contributed by atoms with Gasteiger partial charge in [-0.3, -0.25) is 14.6 Å². The predicted molar refractivity (Wildman–Crippen MR) is 103 cm³/mol. The molecule has 0 spiro atoms. The number of halogens is 2. The first-order valence-electron chi connectivity index (χ1n) is 9.69. The fourth-order valence-corrected chi connectivity index (χ4v) is 4.52. The summed E-state index contributed by atoms with van der Waals surface area (Å²) in [5.74, 6) is -1.44. The average Bonchev–Trinajstić information content (AvgIpc) is 3.23. The highest BCUT2D eigenvalue weighted by molar-refractivity contribution is 5.90. The average molecular weight is 399 g/mol. The van der Waals surface area contributed by atoms with E-state index in [0.717, 1.165) is 5.56 Å². The Morgan fingerprint density at radius 2 is 2.10 bits per heavy atom. The fourth-order valence-electron chi connectivity index (χ4n) is 4.52. The summed E-state index contributed by atoms with van der Waals surface area (Å²) in [5, 5.41) is 0. The molecule has 2 fully saturated rings. The molecule has 152 valence electrons. The van der Waals surface area contributed by atoms with E-state index >= 15 is 4.39 Å². The molecule has 1 aromatic carbocycles. The zero-order valence-corrected chi connectivity index (χ0v) is 16.4. The highest BCUT2D eigenvalue weighted by Crippen LogP contribution is 2.41. The molecule has 29 heavy (non-hydrogen) atoms. The van der Waals surface area contributed by atoms with Gasteiger partial charge >= 0.3 is 0 Å². The van der Waals surface area contributed by atoms with Gasteiger partial charge in [0.1, 0.15) is 5.82 Å². The summed E-state index contributed by atoms with van der Waals surface area (Å²) in [6.07, 6.45) is 3.48. The number of benzene rings is 1. The summed E-state index contributed by atoms with van der Waals surface area (Å²) in [7, 11) is 1.67. The third-order valence-electron chi connectivity index (χ3n) is 6.02. The Hall–Kier alpha value is -2.83. The number of rotatable bonds is 3. The van der Waals surface area contributed by atoms with Crippen molar-refractivity contribution >= 4 is 11.8 Å². The number of pyridine rings is 1. The van der Waals surface area contributed by atoms with Gasteiger partial charge in [0.2, 0.25) is 11.8 Å². The van der Waals surface area contributed by atoms with Gasteiger partial charge in [-0.25, -0.2) is 8.78 Å². The Labute approximate surface area is 168 Å². The van der Waals surface area contributed by atoms with Crippen LogP contribution in [-0.4, -0.2) is 46.7 Å². The number of hydrogen-bond donors (Lipinski definition) is 0. The van der Waals surface area contributed by atoms with E-state index in [9.17, 15) is 14.0 Å². The maximum absolute atomic E-state index is 15.6. The number of likely N-dealkylation sites (tertiary alicyclic amines) is 2. The molecule has 0 bridgehead atoms. The van der Waals surface area contributed by atoms with Gasteiger partial charge in [0.15, 0.2) is 5.67 Å². The molecular weight excluding hydrogens is 376 g/mol. The summed E-state index contributed by atoms with van der Waals surface area (Å²) >= 11 is 0. The summed E-state index contributed by atoms with van der Waals surface area (Å²) in [4.78, 5) is 32.7. The van der Waals surface area contributed by atoms with Crippen LogP contribution < -0.4 is 0 Å². The molecular formula is C22H23F2N3O2. The summed E-state index contributed by atoms with van der Waals surface area (Å²) < 4.78 is 29.4. The van der Waals surface area contributed by atoms with Crippen molar-refractivity contribution < 1.29 is 18.4 Å². The lowest BCUT2D eigenvalue weighted by Crippen LogP contribution is -2.38. The van der Waals surface area contributed by atoms with Crippen LogP contribution in [0.4, 0.5) is 8.78 Å². The maximum atomic E-state index is 15.6. The normalized spacial score (nSPS) is 27.0. The van der Waals surface area contributed by atoms with Gasteiger partial charge in [-0.2, -0.15) is 0 Å². The standard InChI is InChI=1S/C22H23F2N3O2/c1-14-8-16(10-17(23)9-14)22(24)5-7-27(13-22)21(29)18-11-19(28)26(2)20(18)15-4-3-6-25-12-15/h3-4,6,8-10,12,18,20H,5,7,11,13H2,1-2H3/t18-,20+,22?/m0/s1. The van der Waals surface area contributed by atoms with Crippen molar-refractivity contribution in [2.24, 2.45) is 5.92 Å². The Morgan fingerprint density at radius 1 is 1.31 bits per heavy atom. The van der Waals surface area contributed by atoms with E-state index in [1.807, 2.05) is 6.07 Å². The fraction of sp³-hybridized carbons (Fsp3) is 0.409. The molecule has 5 nitrogen and oxygen atoms in total. The lowest BCUT2D eigenvalue weighted by molar-refractivity contribution is -0.136. The zero-order valence-electron chi connectivity index (χ0n) is 16.4. The number of nitrogens with zero attached hydrogens (tertiary/aromatic N) is 3. The van der Waals surface area contributed by atoms with Crippen molar-refractivity contribution in [2.75, 3.05) is 20.1 Å². The monoisotopic (exact) mass is 399 g/mol. The first kappa shape index (κ1) is 19.5. The summed E-state index contributed by atoms with van der Waals surface area (Å²) in [5.41, 5.74) is -0.109. The summed E-state index contributed by atoms with van der Waals surface area (Å²) in [6.45, 7) is 1.81. The third-order valence-corrected chi connectivity index (χ3v) is 6.02. The predicted octanol–water partition coefficient (Wildman–Crippen LogP) is 3.15. The third kappa shape index (κ3) is 3.50. The van der Waals surface area contributed by atoms with Crippen LogP contribution in [0.3, 0.4) is 0 Å². The van der Waals surface area contributed by atoms with E-state index in [1.54, 1.807) is 43.4 Å². The molecule has 2 aliphatic heterocycles. The van der Waals surface area contributed by atoms with Gasteiger partial charge in [0, 0.05) is 38.8 Å². The number of aromatic nitrogens is 1. The van der Waals surface area contributed by atoms with Crippen LogP contribution in [-0.2, 0) is 15.3 Å². The Morgan fingerprint density at radius 3 is 2.79 bits per heavy atom. The second kappa shape index (κ2) is 7.21. The second-order valence-electron chi connectivity index (χ2n) is 8.04. The molecule has 0 radical (unpaired) electrons. The van der Waals surface area contributed by atoms with E-state index in [2.05, 4.69) is 4.98 Å². The van der Waals surface area contributed by atoms with Crippen LogP contribution in [0, 0.1) is 18.7 Å². The number of amides is 2. The van der Waals surface area contributed by atoms with Crippen LogP contribution in [0.2, 0.25) is 0 Å². The smallest absolute Gasteiger partial charge is 0.228 e. The van der Waals surface area contributed by atoms with Crippen LogP contribution in [0.1, 0.15) is 35.6 Å². The van der Waals surface area contributed by atoms with E-state index in [0.29, 0.717) is 5.56 Å². The van der Waals surface area contributed by atoms with Crippen molar-refractivity contribution in [2.45, 2.75) is 31.5 Å². The second-order valence-corrected chi connectivity index (χ2v) is 8.04. The molecule has 0 N–H and O–H groups in total. The van der Waals surface area contributed by atoms with E-state index in [-0.39, 0.29) is 43.3 Å². The van der Waals surface area contributed by atoms with Crippen molar-refractivity contribution in [3.05, 3.63) is 65.2 Å². The van der Waals surface area contributed by atoms with Crippen molar-refractivity contribution in [3.8, 4) is 0 Å². The van der Waals surface area contributed by atoms with Gasteiger partial charge in [-0.15, -0.1) is 0 Å². The Kier molecular flexibility index (Phi) is 4.84. The lowest BCUT2D eigenvalue weighted by Gasteiger charge is -2.28. The summed E-state index contributed by atoms with van der Waals surface area (Å²) in [6, 6.07) is 7.36. The van der Waals surface area contributed by atoms with Gasteiger partial charge in [0.25, 0.3) is 0 Å². The first-order valence-corrected chi connectivity index (χ1v) is 9.69. The quantitative estimate of drug-likeness (QED) is 0.797. The first-order chi connectivity index (χ1) is 13.8. The van der Waals surface area contributed by atoms with Gasteiger partial charge in [-0.1, -0.05) is 12.1 Å². The largest absolute Gasteiger partial charge is 0.339 e. The number of aryl methyl sites for hydroxylation is 1. The molecule has 2 aromatic rings. The molecule has 1 unspecified atom stereocenters. The minimum absolute atomic E-state index is 0.0871. The maximum Gasteiger partial charge on any atom is 0.228 e. The number of carbonyl (C=O) groups is 2. The number of hydrogen-bond acceptors (Lipinski definition) is 3. The minimum Gasteiger partial charge on any atom is -0.339 e. The molecule has 1 aromatic heterocycles. The van der Waals surface area contributed by atoms with Gasteiger partial charge in [-0.05, 0) is 41.8 Å². The molecule has 0 saturated carbocycles. The molecule has 3 heterocycles. The van der Waals surface area contributed by atoms with Crippen LogP contribution in [0.25, 0.3) is 0 Å².